The van der Waals surface area contributed by atoms with Gasteiger partial charge in [-0.2, -0.15) is 0 Å². The summed E-state index contributed by atoms with van der Waals surface area (Å²) in [7, 11) is 1.51. The number of carbonyl (C=O) groups excluding carboxylic acids is 2. The Labute approximate surface area is 159 Å². The van der Waals surface area contributed by atoms with Gasteiger partial charge in [-0.3, -0.25) is 20.4 Å². The molecule has 2 rings (SSSR count). The van der Waals surface area contributed by atoms with Gasteiger partial charge in [0, 0.05) is 11.6 Å². The summed E-state index contributed by atoms with van der Waals surface area (Å²) < 4.78 is 10.9. The van der Waals surface area contributed by atoms with Crippen LogP contribution in [-0.2, 0) is 4.79 Å². The third-order valence-corrected chi connectivity index (χ3v) is 3.71. The molecule has 0 aliphatic rings. The minimum Gasteiger partial charge on any atom is -0.493 e. The summed E-state index contributed by atoms with van der Waals surface area (Å²) in [4.78, 5) is 24.0. The van der Waals surface area contributed by atoms with E-state index in [-0.39, 0.29) is 0 Å². The lowest BCUT2D eigenvalue weighted by Gasteiger charge is -2.12. The summed E-state index contributed by atoms with van der Waals surface area (Å²) in [6, 6.07) is 14.3. The molecule has 0 heterocycles. The van der Waals surface area contributed by atoms with Crippen molar-refractivity contribution in [2.75, 3.05) is 13.7 Å². The van der Waals surface area contributed by atoms with E-state index in [1.165, 1.54) is 13.2 Å². The predicted molar refractivity (Wildman–Crippen MR) is 104 cm³/mol. The van der Waals surface area contributed by atoms with Crippen LogP contribution in [0.3, 0.4) is 0 Å². The summed E-state index contributed by atoms with van der Waals surface area (Å²) in [5, 5.41) is 0. The number of amides is 2. The molecular weight excluding hydrogens is 344 g/mol. The zero-order chi connectivity index (χ0) is 19.5. The highest BCUT2D eigenvalue weighted by molar-refractivity contribution is 5.98. The molecule has 0 aliphatic carbocycles. The quantitative estimate of drug-likeness (QED) is 0.426. The van der Waals surface area contributed by atoms with Crippen LogP contribution in [0.2, 0.25) is 0 Å². The van der Waals surface area contributed by atoms with Crippen LogP contribution < -0.4 is 20.3 Å². The van der Waals surface area contributed by atoms with Crippen molar-refractivity contribution in [3.8, 4) is 11.5 Å². The van der Waals surface area contributed by atoms with Crippen molar-refractivity contribution >= 4 is 17.9 Å². The highest BCUT2D eigenvalue weighted by Crippen LogP contribution is 2.28. The molecule has 0 bridgehead atoms. The molecule has 0 fully saturated rings. The van der Waals surface area contributed by atoms with Crippen molar-refractivity contribution in [1.29, 1.82) is 0 Å². The van der Waals surface area contributed by atoms with Gasteiger partial charge in [-0.15, -0.1) is 0 Å². The van der Waals surface area contributed by atoms with Crippen LogP contribution in [0.4, 0.5) is 0 Å². The molecule has 0 aromatic heterocycles. The van der Waals surface area contributed by atoms with Gasteiger partial charge in [0.25, 0.3) is 11.8 Å². The summed E-state index contributed by atoms with van der Waals surface area (Å²) in [6.45, 7) is 2.67. The second-order valence-corrected chi connectivity index (χ2v) is 5.76. The average molecular weight is 368 g/mol. The molecule has 2 aromatic rings. The Morgan fingerprint density at radius 3 is 2.52 bits per heavy atom. The Balaban J connectivity index is 1.91. The number of nitrogens with one attached hydrogen (secondary N) is 2. The number of hydrogen-bond donors (Lipinski definition) is 2. The topological polar surface area (TPSA) is 76.7 Å². The number of benzene rings is 2. The molecule has 2 N–H and O–H groups in total. The van der Waals surface area contributed by atoms with Crippen molar-refractivity contribution < 1.29 is 19.1 Å². The first-order valence-corrected chi connectivity index (χ1v) is 8.78. The molecule has 0 saturated heterocycles. The average Bonchev–Trinajstić information content (AvgIpc) is 2.71. The highest BCUT2D eigenvalue weighted by atomic mass is 16.5. The van der Waals surface area contributed by atoms with E-state index in [0.29, 0.717) is 23.7 Å². The minimum atomic E-state index is -0.449. The Morgan fingerprint density at radius 2 is 1.81 bits per heavy atom. The number of rotatable bonds is 8. The number of carbonyl (C=O) groups is 2. The van der Waals surface area contributed by atoms with Crippen LogP contribution in [0.25, 0.3) is 6.08 Å². The standard InChI is InChI=1S/C21H24N2O4/c1-3-4-14-27-18-12-11-17(15-19(18)26-2)21(25)23-22-20(24)13-10-16-8-6-5-7-9-16/h5-13,15H,3-4,14H2,1-2H3,(H,22,24)(H,23,25)/b13-10+. The Hall–Kier alpha value is -3.28. The lowest BCUT2D eigenvalue weighted by atomic mass is 10.2. The normalized spacial score (nSPS) is 10.4. The van der Waals surface area contributed by atoms with E-state index in [9.17, 15) is 9.59 Å². The van der Waals surface area contributed by atoms with Gasteiger partial charge in [-0.25, -0.2) is 0 Å². The van der Waals surface area contributed by atoms with Crippen LogP contribution in [0, 0.1) is 0 Å². The Morgan fingerprint density at radius 1 is 1.04 bits per heavy atom. The molecule has 0 spiro atoms. The maximum atomic E-state index is 12.2. The van der Waals surface area contributed by atoms with Crippen LogP contribution in [0.15, 0.2) is 54.6 Å². The third kappa shape index (κ3) is 6.51. The first kappa shape index (κ1) is 20.0. The molecule has 2 aromatic carbocycles. The van der Waals surface area contributed by atoms with Gasteiger partial charge in [0.2, 0.25) is 0 Å². The van der Waals surface area contributed by atoms with Gasteiger partial charge in [-0.05, 0) is 36.3 Å². The molecule has 0 atom stereocenters. The number of unbranched alkanes of at least 4 members (excludes halogenated alkanes) is 1. The smallest absolute Gasteiger partial charge is 0.269 e. The number of hydrazine groups is 1. The SMILES string of the molecule is CCCCOc1ccc(C(=O)NNC(=O)/C=C/c2ccccc2)cc1OC. The summed E-state index contributed by atoms with van der Waals surface area (Å²) >= 11 is 0. The van der Waals surface area contributed by atoms with Crippen LogP contribution in [-0.4, -0.2) is 25.5 Å². The fraction of sp³-hybridized carbons (Fsp3) is 0.238. The largest absolute Gasteiger partial charge is 0.493 e. The molecule has 2 amide bonds. The molecule has 27 heavy (non-hydrogen) atoms. The molecular formula is C21H24N2O4. The predicted octanol–water partition coefficient (Wildman–Crippen LogP) is 3.35. The zero-order valence-electron chi connectivity index (χ0n) is 15.5. The number of methoxy groups -OCH3 is 1. The maximum absolute atomic E-state index is 12.2. The van der Waals surface area contributed by atoms with E-state index in [0.717, 1.165) is 18.4 Å². The van der Waals surface area contributed by atoms with Crippen molar-refractivity contribution in [2.24, 2.45) is 0 Å². The monoisotopic (exact) mass is 368 g/mol. The molecule has 6 nitrogen and oxygen atoms in total. The minimum absolute atomic E-state index is 0.349. The summed E-state index contributed by atoms with van der Waals surface area (Å²) in [5.41, 5.74) is 5.96. The second kappa shape index (κ2) is 10.7. The van der Waals surface area contributed by atoms with Crippen molar-refractivity contribution in [2.45, 2.75) is 19.8 Å². The van der Waals surface area contributed by atoms with E-state index < -0.39 is 11.8 Å². The lowest BCUT2D eigenvalue weighted by molar-refractivity contribution is -0.117. The molecule has 6 heteroatoms. The van der Waals surface area contributed by atoms with Gasteiger partial charge in [0.1, 0.15) is 0 Å². The Bertz CT molecular complexity index is 788. The first-order valence-electron chi connectivity index (χ1n) is 8.78. The van der Waals surface area contributed by atoms with Crippen LogP contribution in [0.1, 0.15) is 35.7 Å². The van der Waals surface area contributed by atoms with Crippen molar-refractivity contribution in [3.05, 3.63) is 65.7 Å². The van der Waals surface area contributed by atoms with E-state index >= 15 is 0 Å². The van der Waals surface area contributed by atoms with Gasteiger partial charge in [-0.1, -0.05) is 43.7 Å². The highest BCUT2D eigenvalue weighted by Gasteiger charge is 2.11. The fourth-order valence-electron chi connectivity index (χ4n) is 2.22. The molecule has 142 valence electrons. The fourth-order valence-corrected chi connectivity index (χ4v) is 2.22. The maximum Gasteiger partial charge on any atom is 0.269 e. The van der Waals surface area contributed by atoms with Crippen molar-refractivity contribution in [1.82, 2.24) is 10.9 Å². The van der Waals surface area contributed by atoms with Gasteiger partial charge in [0.15, 0.2) is 11.5 Å². The molecule has 0 aliphatic heterocycles. The van der Waals surface area contributed by atoms with E-state index in [2.05, 4.69) is 17.8 Å². The number of hydrogen-bond acceptors (Lipinski definition) is 4. The molecule has 0 saturated carbocycles. The van der Waals surface area contributed by atoms with Crippen LogP contribution >= 0.6 is 0 Å². The van der Waals surface area contributed by atoms with Crippen LogP contribution in [0.5, 0.6) is 11.5 Å². The van der Waals surface area contributed by atoms with E-state index in [1.807, 2.05) is 30.3 Å². The third-order valence-electron chi connectivity index (χ3n) is 3.71. The van der Waals surface area contributed by atoms with E-state index in [1.54, 1.807) is 24.3 Å². The summed E-state index contributed by atoms with van der Waals surface area (Å²) in [5.74, 6) is 0.167. The number of ether oxygens (including phenoxy) is 2. The first-order chi connectivity index (χ1) is 13.1. The van der Waals surface area contributed by atoms with Gasteiger partial charge < -0.3 is 9.47 Å². The zero-order valence-corrected chi connectivity index (χ0v) is 15.5. The summed E-state index contributed by atoms with van der Waals surface area (Å²) in [6.07, 6.45) is 4.98. The van der Waals surface area contributed by atoms with Gasteiger partial charge in [0.05, 0.1) is 13.7 Å². The molecule has 0 unspecified atom stereocenters. The lowest BCUT2D eigenvalue weighted by Crippen LogP contribution is -2.40. The molecule has 0 radical (unpaired) electrons. The van der Waals surface area contributed by atoms with Crippen molar-refractivity contribution in [3.63, 3.8) is 0 Å². The van der Waals surface area contributed by atoms with Gasteiger partial charge >= 0.3 is 0 Å². The Kier molecular flexibility index (Phi) is 7.91. The van der Waals surface area contributed by atoms with E-state index in [4.69, 9.17) is 9.47 Å². The second-order valence-electron chi connectivity index (χ2n) is 5.76.